The number of fused-ring (bicyclic) bond motifs is 1. The lowest BCUT2D eigenvalue weighted by molar-refractivity contribution is 0.128. The second-order valence-electron chi connectivity index (χ2n) is 11.2. The smallest absolute Gasteiger partial charge is 0.168 e. The lowest BCUT2D eigenvalue weighted by Gasteiger charge is -2.27. The lowest BCUT2D eigenvalue weighted by atomic mass is 9.87. The van der Waals surface area contributed by atoms with Crippen molar-refractivity contribution in [2.45, 2.75) is 64.7 Å². The number of aryl methyl sites for hydroxylation is 1. The Morgan fingerprint density at radius 2 is 1.92 bits per heavy atom. The third kappa shape index (κ3) is 6.56. The van der Waals surface area contributed by atoms with Crippen molar-refractivity contribution in [2.24, 2.45) is 11.3 Å². The third-order valence-electron chi connectivity index (χ3n) is 8.23. The zero-order chi connectivity index (χ0) is 25.4. The van der Waals surface area contributed by atoms with E-state index in [1.54, 1.807) is 0 Å². The van der Waals surface area contributed by atoms with Gasteiger partial charge in [-0.15, -0.1) is 0 Å². The number of benzene rings is 1. The maximum absolute atomic E-state index is 9.86. The molecule has 2 aliphatic rings. The van der Waals surface area contributed by atoms with Crippen LogP contribution in [0, 0.1) is 11.3 Å². The van der Waals surface area contributed by atoms with Gasteiger partial charge < -0.3 is 19.8 Å². The Morgan fingerprint density at radius 3 is 2.61 bits per heavy atom. The molecular formula is C31H45N3O2. The molecule has 0 aliphatic heterocycles. The van der Waals surface area contributed by atoms with Crippen molar-refractivity contribution in [3.05, 3.63) is 65.1 Å². The Hall–Kier alpha value is -2.21. The van der Waals surface area contributed by atoms with Gasteiger partial charge in [-0.1, -0.05) is 73.8 Å². The molecule has 2 aromatic rings. The molecular weight excluding hydrogens is 446 g/mol. The first kappa shape index (κ1) is 26.8. The molecule has 0 saturated heterocycles. The number of rotatable bonds is 13. The van der Waals surface area contributed by atoms with E-state index in [0.717, 1.165) is 63.2 Å². The van der Waals surface area contributed by atoms with Crippen LogP contribution >= 0.6 is 0 Å². The summed E-state index contributed by atoms with van der Waals surface area (Å²) in [5, 5.41) is 18.1. The van der Waals surface area contributed by atoms with Crippen molar-refractivity contribution >= 4 is 11.1 Å². The molecule has 2 N–H and O–H groups in total. The molecule has 36 heavy (non-hydrogen) atoms. The molecule has 1 unspecified atom stereocenters. The van der Waals surface area contributed by atoms with Crippen molar-refractivity contribution in [3.8, 4) is 0 Å². The summed E-state index contributed by atoms with van der Waals surface area (Å²) in [5.74, 6) is 1.62. The van der Waals surface area contributed by atoms with Crippen LogP contribution in [-0.4, -0.2) is 55.5 Å². The molecule has 0 amide bonds. The molecule has 1 aromatic heterocycles. The molecule has 1 heterocycles. The Morgan fingerprint density at radius 1 is 1.14 bits per heavy atom. The summed E-state index contributed by atoms with van der Waals surface area (Å²) < 4.78 is 6.07. The van der Waals surface area contributed by atoms with Crippen LogP contribution in [0.1, 0.15) is 74.5 Å². The SMILES string of the molecule is CCC(CCNCC1(CO)CCCC1)CCc1noc2c1CC=CC(c1ccccc1)=C2CN(C)C. The van der Waals surface area contributed by atoms with E-state index in [4.69, 9.17) is 4.52 Å². The lowest BCUT2D eigenvalue weighted by Crippen LogP contribution is -2.36. The van der Waals surface area contributed by atoms with Gasteiger partial charge in [0.15, 0.2) is 5.76 Å². The highest BCUT2D eigenvalue weighted by atomic mass is 16.5. The van der Waals surface area contributed by atoms with Gasteiger partial charge in [0, 0.05) is 36.2 Å². The minimum atomic E-state index is 0.129. The van der Waals surface area contributed by atoms with E-state index in [-0.39, 0.29) is 5.41 Å². The molecule has 0 bridgehead atoms. The molecule has 1 atom stereocenters. The predicted molar refractivity (Wildman–Crippen MR) is 149 cm³/mol. The van der Waals surface area contributed by atoms with E-state index < -0.39 is 0 Å². The quantitative estimate of drug-likeness (QED) is 0.349. The zero-order valence-electron chi connectivity index (χ0n) is 22.6. The van der Waals surface area contributed by atoms with Crippen LogP contribution in [0.5, 0.6) is 0 Å². The average Bonchev–Trinajstić information content (AvgIpc) is 3.49. The first-order valence-corrected chi connectivity index (χ1v) is 13.9. The van der Waals surface area contributed by atoms with Crippen molar-refractivity contribution in [1.82, 2.24) is 15.4 Å². The molecule has 2 aliphatic carbocycles. The highest BCUT2D eigenvalue weighted by Gasteiger charge is 2.32. The minimum Gasteiger partial charge on any atom is -0.396 e. The van der Waals surface area contributed by atoms with E-state index >= 15 is 0 Å². The Bertz CT molecular complexity index is 1020. The van der Waals surface area contributed by atoms with E-state index in [9.17, 15) is 5.11 Å². The van der Waals surface area contributed by atoms with E-state index in [2.05, 4.69) is 78.9 Å². The highest BCUT2D eigenvalue weighted by molar-refractivity contribution is 5.96. The second kappa shape index (κ2) is 12.8. The molecule has 196 valence electrons. The Labute approximate surface area is 217 Å². The Kier molecular flexibility index (Phi) is 9.58. The third-order valence-corrected chi connectivity index (χ3v) is 8.23. The first-order valence-electron chi connectivity index (χ1n) is 13.9. The number of aliphatic hydroxyl groups excluding tert-OH is 1. The summed E-state index contributed by atoms with van der Waals surface area (Å²) in [6.07, 6.45) is 14.7. The van der Waals surface area contributed by atoms with Crippen LogP contribution in [-0.2, 0) is 12.8 Å². The molecule has 0 spiro atoms. The molecule has 1 saturated carbocycles. The molecule has 0 radical (unpaired) electrons. The number of nitrogens with zero attached hydrogens (tertiary/aromatic N) is 2. The second-order valence-corrected chi connectivity index (χ2v) is 11.2. The van der Waals surface area contributed by atoms with Crippen LogP contribution < -0.4 is 5.32 Å². The van der Waals surface area contributed by atoms with E-state index in [0.29, 0.717) is 12.5 Å². The topological polar surface area (TPSA) is 61.5 Å². The molecule has 5 heteroatoms. The average molecular weight is 492 g/mol. The number of likely N-dealkylation sites (N-methyl/N-ethyl adjacent to an activating group) is 1. The van der Waals surface area contributed by atoms with Crippen LogP contribution in [0.2, 0.25) is 0 Å². The fraction of sp³-hybridized carbons (Fsp3) is 0.581. The molecule has 1 aromatic carbocycles. The van der Waals surface area contributed by atoms with Crippen molar-refractivity contribution in [1.29, 1.82) is 0 Å². The zero-order valence-corrected chi connectivity index (χ0v) is 22.6. The van der Waals surface area contributed by atoms with Gasteiger partial charge in [-0.05, 0) is 76.2 Å². The Balaban J connectivity index is 1.41. The standard InChI is InChI=1S/C31H45N3O2/c1-4-24(17-20-32-22-31(23-35)18-8-9-19-31)15-16-29-27-14-10-13-26(25-11-6-5-7-12-25)28(21-34(2)3)30(27)36-33-29/h5-7,10-13,24,32,35H,4,8-9,14-23H2,1-3H3. The fourth-order valence-corrected chi connectivity index (χ4v) is 5.93. The molecule has 5 nitrogen and oxygen atoms in total. The molecule has 4 rings (SSSR count). The van der Waals surface area contributed by atoms with Crippen LogP contribution in [0.25, 0.3) is 11.1 Å². The van der Waals surface area contributed by atoms with Gasteiger partial charge in [0.25, 0.3) is 0 Å². The van der Waals surface area contributed by atoms with Crippen LogP contribution in [0.3, 0.4) is 0 Å². The molecule has 1 fully saturated rings. The normalized spacial score (nSPS) is 18.0. The minimum absolute atomic E-state index is 0.129. The summed E-state index contributed by atoms with van der Waals surface area (Å²) in [5.41, 5.74) is 6.17. The van der Waals surface area contributed by atoms with Crippen LogP contribution in [0.15, 0.2) is 47.0 Å². The van der Waals surface area contributed by atoms with Gasteiger partial charge >= 0.3 is 0 Å². The maximum atomic E-state index is 9.86. The van der Waals surface area contributed by atoms with Gasteiger partial charge in [-0.3, -0.25) is 0 Å². The van der Waals surface area contributed by atoms with E-state index in [1.807, 2.05) is 0 Å². The van der Waals surface area contributed by atoms with Gasteiger partial charge in [0.05, 0.1) is 5.69 Å². The van der Waals surface area contributed by atoms with Gasteiger partial charge in [-0.2, -0.15) is 0 Å². The van der Waals surface area contributed by atoms with Crippen LogP contribution in [0.4, 0.5) is 0 Å². The van der Waals surface area contributed by atoms with Crippen molar-refractivity contribution < 1.29 is 9.63 Å². The number of hydrogen-bond donors (Lipinski definition) is 2. The summed E-state index contributed by atoms with van der Waals surface area (Å²) in [4.78, 5) is 2.20. The summed E-state index contributed by atoms with van der Waals surface area (Å²) in [6.45, 7) is 5.41. The van der Waals surface area contributed by atoms with Crippen molar-refractivity contribution in [2.75, 3.05) is 40.3 Å². The fourth-order valence-electron chi connectivity index (χ4n) is 5.93. The number of aromatic nitrogens is 1. The largest absolute Gasteiger partial charge is 0.396 e. The summed E-state index contributed by atoms with van der Waals surface area (Å²) in [7, 11) is 4.21. The van der Waals surface area contributed by atoms with Crippen molar-refractivity contribution in [3.63, 3.8) is 0 Å². The predicted octanol–water partition coefficient (Wildman–Crippen LogP) is 5.75. The first-order chi connectivity index (χ1) is 17.5. The number of aliphatic hydroxyl groups is 1. The summed E-state index contributed by atoms with van der Waals surface area (Å²) >= 11 is 0. The van der Waals surface area contributed by atoms with Gasteiger partial charge in [0.2, 0.25) is 0 Å². The summed E-state index contributed by atoms with van der Waals surface area (Å²) in [6, 6.07) is 10.6. The van der Waals surface area contributed by atoms with Gasteiger partial charge in [-0.25, -0.2) is 0 Å². The number of allylic oxidation sites excluding steroid dienone is 3. The number of nitrogens with one attached hydrogen (secondary N) is 1. The monoisotopic (exact) mass is 491 g/mol. The number of hydrogen-bond acceptors (Lipinski definition) is 5. The van der Waals surface area contributed by atoms with E-state index in [1.165, 1.54) is 48.0 Å². The van der Waals surface area contributed by atoms with Gasteiger partial charge in [0.1, 0.15) is 0 Å². The highest BCUT2D eigenvalue weighted by Crippen LogP contribution is 2.37. The maximum Gasteiger partial charge on any atom is 0.168 e.